The van der Waals surface area contributed by atoms with Gasteiger partial charge >= 0.3 is 6.18 Å². The van der Waals surface area contributed by atoms with Gasteiger partial charge in [-0.3, -0.25) is 0 Å². The first-order valence-corrected chi connectivity index (χ1v) is 9.31. The second-order valence-electron chi connectivity index (χ2n) is 5.64. The van der Waals surface area contributed by atoms with E-state index in [2.05, 4.69) is 30.3 Å². The number of thiazole rings is 1. The first-order valence-electron chi connectivity index (χ1n) is 8.43. The van der Waals surface area contributed by atoms with E-state index >= 15 is 0 Å². The van der Waals surface area contributed by atoms with E-state index in [0.29, 0.717) is 25.6 Å². The highest BCUT2D eigenvalue weighted by atomic mass is 127. The smallest absolute Gasteiger partial charge is 0.422 e. The van der Waals surface area contributed by atoms with Crippen molar-refractivity contribution in [3.63, 3.8) is 0 Å². The third-order valence-corrected chi connectivity index (χ3v) is 4.11. The van der Waals surface area contributed by atoms with E-state index in [9.17, 15) is 13.2 Å². The number of aromatic nitrogens is 2. The maximum atomic E-state index is 12.1. The second-order valence-corrected chi connectivity index (χ2v) is 6.70. The molecular weight excluding hydrogens is 506 g/mol. The molecule has 0 bridgehead atoms. The Bertz CT molecular complexity index is 737. The van der Waals surface area contributed by atoms with Crippen LogP contribution in [0.3, 0.4) is 0 Å². The Kier molecular flexibility index (Phi) is 10.5. The number of hydrogen-bond acceptors (Lipinski definition) is 5. The normalized spacial score (nSPS) is 11.7. The fourth-order valence-electron chi connectivity index (χ4n) is 2.09. The zero-order chi connectivity index (χ0) is 19.7. The van der Waals surface area contributed by atoms with Crippen LogP contribution in [0.25, 0.3) is 0 Å². The number of alkyl halides is 3. The fourth-order valence-corrected chi connectivity index (χ4v) is 2.74. The molecule has 2 aromatic rings. The van der Waals surface area contributed by atoms with E-state index in [4.69, 9.17) is 0 Å². The molecule has 0 saturated carbocycles. The van der Waals surface area contributed by atoms with E-state index < -0.39 is 12.8 Å². The summed E-state index contributed by atoms with van der Waals surface area (Å²) in [6.45, 7) is 4.33. The Labute approximate surface area is 183 Å². The number of rotatable bonds is 8. The summed E-state index contributed by atoms with van der Waals surface area (Å²) in [6, 6.07) is 3.05. The first-order chi connectivity index (χ1) is 12.9. The average molecular weight is 529 g/mol. The van der Waals surface area contributed by atoms with E-state index in [-0.39, 0.29) is 29.9 Å². The molecular formula is C17H23F3IN5OS. The molecule has 2 rings (SSSR count). The number of aryl methyl sites for hydroxylation is 1. The van der Waals surface area contributed by atoms with Gasteiger partial charge in [0.15, 0.2) is 12.6 Å². The monoisotopic (exact) mass is 529 g/mol. The third-order valence-electron chi connectivity index (χ3n) is 3.29. The van der Waals surface area contributed by atoms with Gasteiger partial charge in [-0.2, -0.15) is 13.2 Å². The van der Waals surface area contributed by atoms with Crippen molar-refractivity contribution in [1.29, 1.82) is 0 Å². The zero-order valence-corrected chi connectivity index (χ0v) is 18.7. The van der Waals surface area contributed by atoms with Crippen molar-refractivity contribution in [2.45, 2.75) is 33.0 Å². The number of hydrogen-bond donors (Lipinski definition) is 2. The Morgan fingerprint density at radius 3 is 2.64 bits per heavy atom. The van der Waals surface area contributed by atoms with Gasteiger partial charge in [0.25, 0.3) is 0 Å². The quantitative estimate of drug-likeness (QED) is 0.310. The number of pyridine rings is 1. The standard InChI is InChI=1S/C17H22F3N5OS.HI/c1-3-21-16(22-7-6-14-10-27-12(2)25-14)24-9-13-4-5-15(23-8-13)26-11-17(18,19)20;/h4-5,8,10H,3,6-7,9,11H2,1-2H3,(H2,21,22,24);1H. The molecule has 0 atom stereocenters. The zero-order valence-electron chi connectivity index (χ0n) is 15.5. The van der Waals surface area contributed by atoms with Crippen LogP contribution in [0.5, 0.6) is 5.88 Å². The molecule has 0 spiro atoms. The summed E-state index contributed by atoms with van der Waals surface area (Å²) in [6.07, 6.45) is -2.13. The number of nitrogens with zero attached hydrogens (tertiary/aromatic N) is 3. The third kappa shape index (κ3) is 9.53. The average Bonchev–Trinajstić information content (AvgIpc) is 3.03. The van der Waals surface area contributed by atoms with Crippen LogP contribution in [-0.4, -0.2) is 41.8 Å². The van der Waals surface area contributed by atoms with E-state index in [0.717, 1.165) is 22.7 Å². The summed E-state index contributed by atoms with van der Waals surface area (Å²) in [5.41, 5.74) is 1.81. The van der Waals surface area contributed by atoms with Crippen LogP contribution in [0, 0.1) is 6.92 Å². The van der Waals surface area contributed by atoms with Crippen molar-refractivity contribution in [2.75, 3.05) is 19.7 Å². The van der Waals surface area contributed by atoms with Gasteiger partial charge in [0.2, 0.25) is 5.88 Å². The van der Waals surface area contributed by atoms with Crippen LogP contribution in [0.1, 0.15) is 23.2 Å². The predicted molar refractivity (Wildman–Crippen MR) is 115 cm³/mol. The number of aliphatic imine (C=N–C) groups is 1. The van der Waals surface area contributed by atoms with Crippen molar-refractivity contribution >= 4 is 41.3 Å². The number of guanidine groups is 1. The summed E-state index contributed by atoms with van der Waals surface area (Å²) in [5, 5.41) is 9.45. The van der Waals surface area contributed by atoms with Crippen molar-refractivity contribution in [2.24, 2.45) is 4.99 Å². The molecule has 28 heavy (non-hydrogen) atoms. The van der Waals surface area contributed by atoms with E-state index in [1.165, 1.54) is 12.3 Å². The molecule has 0 aliphatic carbocycles. The molecule has 2 aromatic heterocycles. The van der Waals surface area contributed by atoms with Gasteiger partial charge in [-0.1, -0.05) is 6.07 Å². The minimum atomic E-state index is -4.38. The molecule has 0 aliphatic rings. The minimum absolute atomic E-state index is 0. The van der Waals surface area contributed by atoms with E-state index in [1.54, 1.807) is 17.4 Å². The van der Waals surface area contributed by atoms with Crippen LogP contribution in [0.15, 0.2) is 28.7 Å². The lowest BCUT2D eigenvalue weighted by Crippen LogP contribution is -2.38. The summed E-state index contributed by atoms with van der Waals surface area (Å²) < 4.78 is 41.0. The van der Waals surface area contributed by atoms with Crippen LogP contribution in [0.4, 0.5) is 13.2 Å². The Hall–Kier alpha value is -1.63. The van der Waals surface area contributed by atoms with Crippen LogP contribution >= 0.6 is 35.3 Å². The highest BCUT2D eigenvalue weighted by Gasteiger charge is 2.28. The van der Waals surface area contributed by atoms with Gasteiger partial charge in [-0.25, -0.2) is 15.0 Å². The second kappa shape index (κ2) is 12.0. The molecule has 0 fully saturated rings. The van der Waals surface area contributed by atoms with Crippen molar-refractivity contribution in [1.82, 2.24) is 20.6 Å². The first kappa shape index (κ1) is 24.4. The van der Waals surface area contributed by atoms with Gasteiger partial charge in [-0.15, -0.1) is 35.3 Å². The lowest BCUT2D eigenvalue weighted by molar-refractivity contribution is -0.154. The van der Waals surface area contributed by atoms with Crippen molar-refractivity contribution in [3.8, 4) is 5.88 Å². The molecule has 156 valence electrons. The Morgan fingerprint density at radius 1 is 1.29 bits per heavy atom. The number of nitrogens with one attached hydrogen (secondary N) is 2. The molecule has 0 aromatic carbocycles. The van der Waals surface area contributed by atoms with Gasteiger partial charge in [0, 0.05) is 37.2 Å². The Morgan fingerprint density at radius 2 is 2.07 bits per heavy atom. The maximum absolute atomic E-state index is 12.1. The Balaban J connectivity index is 0.00000392. The molecule has 11 heteroatoms. The molecule has 6 nitrogen and oxygen atoms in total. The molecule has 0 amide bonds. The van der Waals surface area contributed by atoms with Crippen LogP contribution < -0.4 is 15.4 Å². The molecule has 0 radical (unpaired) electrons. The van der Waals surface area contributed by atoms with E-state index in [1.807, 2.05) is 19.2 Å². The van der Waals surface area contributed by atoms with Gasteiger partial charge in [0.05, 0.1) is 17.2 Å². The van der Waals surface area contributed by atoms with Crippen molar-refractivity contribution in [3.05, 3.63) is 40.0 Å². The fraction of sp³-hybridized carbons (Fsp3) is 0.471. The number of ether oxygens (including phenoxy) is 1. The summed E-state index contributed by atoms with van der Waals surface area (Å²) in [5.74, 6) is 0.588. The SMILES string of the molecule is CCNC(=NCc1ccc(OCC(F)(F)F)nc1)NCCc1csc(C)n1.I. The summed E-state index contributed by atoms with van der Waals surface area (Å²) >= 11 is 1.62. The number of halogens is 4. The van der Waals surface area contributed by atoms with Gasteiger partial charge < -0.3 is 15.4 Å². The lowest BCUT2D eigenvalue weighted by atomic mass is 10.3. The molecule has 0 aliphatic heterocycles. The lowest BCUT2D eigenvalue weighted by Gasteiger charge is -2.11. The summed E-state index contributed by atoms with van der Waals surface area (Å²) in [4.78, 5) is 12.7. The predicted octanol–water partition coefficient (Wildman–Crippen LogP) is 3.70. The minimum Gasteiger partial charge on any atom is -0.468 e. The molecule has 2 heterocycles. The highest BCUT2D eigenvalue weighted by Crippen LogP contribution is 2.17. The maximum Gasteiger partial charge on any atom is 0.422 e. The van der Waals surface area contributed by atoms with Crippen LogP contribution in [0.2, 0.25) is 0 Å². The topological polar surface area (TPSA) is 71.4 Å². The molecule has 0 unspecified atom stereocenters. The molecule has 2 N–H and O–H groups in total. The van der Waals surface area contributed by atoms with Crippen molar-refractivity contribution < 1.29 is 17.9 Å². The molecule has 0 saturated heterocycles. The summed E-state index contributed by atoms with van der Waals surface area (Å²) in [7, 11) is 0. The van der Waals surface area contributed by atoms with Gasteiger partial charge in [0.1, 0.15) is 0 Å². The largest absolute Gasteiger partial charge is 0.468 e. The van der Waals surface area contributed by atoms with Gasteiger partial charge in [-0.05, 0) is 19.4 Å². The highest BCUT2D eigenvalue weighted by molar-refractivity contribution is 14.0. The van der Waals surface area contributed by atoms with Crippen LogP contribution in [-0.2, 0) is 13.0 Å².